The van der Waals surface area contributed by atoms with E-state index in [0.29, 0.717) is 43.6 Å². The van der Waals surface area contributed by atoms with Gasteiger partial charge in [0.05, 0.1) is 0 Å². The van der Waals surface area contributed by atoms with Crippen molar-refractivity contribution in [2.75, 3.05) is 39.4 Å². The lowest BCUT2D eigenvalue weighted by molar-refractivity contribution is 0.0451. The normalized spacial score (nSPS) is 17.6. The summed E-state index contributed by atoms with van der Waals surface area (Å²) >= 11 is 6.20. The molecule has 3 amide bonds. The van der Waals surface area contributed by atoms with Gasteiger partial charge in [-0.1, -0.05) is 23.7 Å². The topological polar surface area (TPSA) is 123 Å². The van der Waals surface area contributed by atoms with Crippen LogP contribution in [0.3, 0.4) is 0 Å². The first kappa shape index (κ1) is 28.2. The third kappa shape index (κ3) is 10.5. The molecule has 1 fully saturated rings. The fourth-order valence-electron chi connectivity index (χ4n) is 4.46. The van der Waals surface area contributed by atoms with Crippen LogP contribution in [0.1, 0.15) is 56.9 Å². The highest BCUT2D eigenvalue weighted by Crippen LogP contribution is 2.27. The highest BCUT2D eigenvalue weighted by molar-refractivity contribution is 6.30. The van der Waals surface area contributed by atoms with Crippen molar-refractivity contribution in [1.82, 2.24) is 21.0 Å². The standard InChI is InChI=1S/C24H39ClN4O5/c1-2-29(23(30)28-22(16-27-33)14-18-6-5-13-34-17-18)12-10-19(8-4-11-26-24(31)32)20-7-3-9-21(25)15-20/h3,7,9,15,18-19,22,26-27,33H,2,4-6,8,10-14,16-17H2,1H3,(H,28,30)(H,31,32)/t18-,19?,22+/m1/s1. The minimum absolute atomic E-state index is 0.144. The molecule has 1 unspecified atom stereocenters. The van der Waals surface area contributed by atoms with Crippen molar-refractivity contribution in [3.8, 4) is 0 Å². The lowest BCUT2D eigenvalue weighted by Gasteiger charge is -2.30. The van der Waals surface area contributed by atoms with Gasteiger partial charge in [-0.2, -0.15) is 0 Å². The lowest BCUT2D eigenvalue weighted by Crippen LogP contribution is -2.49. The maximum atomic E-state index is 13.0. The van der Waals surface area contributed by atoms with Crippen LogP contribution in [0.2, 0.25) is 5.02 Å². The predicted molar refractivity (Wildman–Crippen MR) is 132 cm³/mol. The third-order valence-corrected chi connectivity index (χ3v) is 6.51. The van der Waals surface area contributed by atoms with Crippen molar-refractivity contribution in [3.63, 3.8) is 0 Å². The van der Waals surface area contributed by atoms with E-state index < -0.39 is 6.09 Å². The molecule has 1 aromatic carbocycles. The first-order valence-electron chi connectivity index (χ1n) is 12.1. The highest BCUT2D eigenvalue weighted by Gasteiger charge is 2.23. The van der Waals surface area contributed by atoms with E-state index in [4.69, 9.17) is 21.4 Å². The SMILES string of the molecule is CCN(CCC(CCCNC(=O)O)c1cccc(Cl)c1)C(=O)N[C@H](CNO)C[C@H]1CCCOC1. The maximum absolute atomic E-state index is 13.0. The van der Waals surface area contributed by atoms with Crippen LogP contribution in [0.15, 0.2) is 24.3 Å². The molecule has 2 rings (SSSR count). The number of nitrogens with one attached hydrogen (secondary N) is 3. The van der Waals surface area contributed by atoms with Crippen molar-refractivity contribution in [1.29, 1.82) is 0 Å². The number of hydrogen-bond acceptors (Lipinski definition) is 5. The van der Waals surface area contributed by atoms with Crippen LogP contribution in [0.4, 0.5) is 9.59 Å². The van der Waals surface area contributed by atoms with E-state index >= 15 is 0 Å². The monoisotopic (exact) mass is 498 g/mol. The molecule has 34 heavy (non-hydrogen) atoms. The van der Waals surface area contributed by atoms with Crippen LogP contribution < -0.4 is 16.1 Å². The van der Waals surface area contributed by atoms with Gasteiger partial charge in [0, 0.05) is 50.5 Å². The number of hydrogen-bond donors (Lipinski definition) is 5. The molecule has 0 spiro atoms. The highest BCUT2D eigenvalue weighted by atomic mass is 35.5. The number of benzene rings is 1. The summed E-state index contributed by atoms with van der Waals surface area (Å²) in [7, 11) is 0. The van der Waals surface area contributed by atoms with E-state index in [1.165, 1.54) is 0 Å². The van der Waals surface area contributed by atoms with E-state index in [-0.39, 0.29) is 24.5 Å². The fraction of sp³-hybridized carbons (Fsp3) is 0.667. The Bertz CT molecular complexity index is 748. The zero-order chi connectivity index (χ0) is 24.8. The minimum atomic E-state index is -1.03. The number of rotatable bonds is 14. The summed E-state index contributed by atoms with van der Waals surface area (Å²) in [6, 6.07) is 7.34. The Labute approximate surface area is 207 Å². The third-order valence-electron chi connectivity index (χ3n) is 6.28. The molecule has 0 saturated carbocycles. The number of nitrogens with zero attached hydrogens (tertiary/aromatic N) is 1. The minimum Gasteiger partial charge on any atom is -0.465 e. The largest absolute Gasteiger partial charge is 0.465 e. The molecular formula is C24H39ClN4O5. The number of carboxylic acid groups (broad SMARTS) is 1. The van der Waals surface area contributed by atoms with Gasteiger partial charge >= 0.3 is 12.1 Å². The van der Waals surface area contributed by atoms with Crippen LogP contribution in [0.25, 0.3) is 0 Å². The Morgan fingerprint density at radius 1 is 1.32 bits per heavy atom. The molecule has 192 valence electrons. The number of carbonyl (C=O) groups excluding carboxylic acids is 1. The van der Waals surface area contributed by atoms with Crippen molar-refractivity contribution in [3.05, 3.63) is 34.9 Å². The maximum Gasteiger partial charge on any atom is 0.404 e. The quantitative estimate of drug-likeness (QED) is 0.195. The number of halogens is 1. The first-order chi connectivity index (χ1) is 16.4. The summed E-state index contributed by atoms with van der Waals surface area (Å²) in [6.07, 6.45) is 4.00. The van der Waals surface area contributed by atoms with E-state index in [0.717, 1.165) is 44.3 Å². The lowest BCUT2D eigenvalue weighted by atomic mass is 9.91. The average molecular weight is 499 g/mol. The molecule has 10 heteroatoms. The zero-order valence-corrected chi connectivity index (χ0v) is 20.7. The molecule has 0 radical (unpaired) electrons. The van der Waals surface area contributed by atoms with Crippen LogP contribution in [-0.4, -0.2) is 72.8 Å². The molecule has 1 saturated heterocycles. The van der Waals surface area contributed by atoms with Crippen molar-refractivity contribution < 1.29 is 24.6 Å². The molecule has 5 N–H and O–H groups in total. The van der Waals surface area contributed by atoms with Gasteiger partial charge in [0.15, 0.2) is 0 Å². The summed E-state index contributed by atoms with van der Waals surface area (Å²) in [5, 5.41) is 24.2. The number of amides is 3. The number of ether oxygens (including phenoxy) is 1. The Morgan fingerprint density at radius 2 is 2.15 bits per heavy atom. The van der Waals surface area contributed by atoms with Gasteiger partial charge in [-0.3, -0.25) is 0 Å². The second-order valence-electron chi connectivity index (χ2n) is 8.82. The number of urea groups is 1. The van der Waals surface area contributed by atoms with Crippen molar-refractivity contribution in [2.24, 2.45) is 5.92 Å². The molecule has 1 heterocycles. The van der Waals surface area contributed by atoms with E-state index in [1.54, 1.807) is 4.90 Å². The Kier molecular flexibility index (Phi) is 13.1. The summed E-state index contributed by atoms with van der Waals surface area (Å²) < 4.78 is 5.55. The molecule has 9 nitrogen and oxygen atoms in total. The number of hydroxylamine groups is 1. The second-order valence-corrected chi connectivity index (χ2v) is 9.26. The van der Waals surface area contributed by atoms with Crippen LogP contribution >= 0.6 is 11.6 Å². The van der Waals surface area contributed by atoms with E-state index in [9.17, 15) is 14.8 Å². The molecule has 0 aromatic heterocycles. The van der Waals surface area contributed by atoms with E-state index in [1.807, 2.05) is 31.2 Å². The number of carbonyl (C=O) groups is 2. The van der Waals surface area contributed by atoms with Gasteiger partial charge in [-0.15, -0.1) is 0 Å². The van der Waals surface area contributed by atoms with Crippen molar-refractivity contribution >= 4 is 23.7 Å². The smallest absolute Gasteiger partial charge is 0.404 e. The van der Waals surface area contributed by atoms with E-state index in [2.05, 4.69) is 16.1 Å². The van der Waals surface area contributed by atoms with Crippen LogP contribution in [-0.2, 0) is 4.74 Å². The fourth-order valence-corrected chi connectivity index (χ4v) is 4.66. The molecule has 1 aromatic rings. The second kappa shape index (κ2) is 15.8. The van der Waals surface area contributed by atoms with Gasteiger partial charge < -0.3 is 30.6 Å². The van der Waals surface area contributed by atoms with Gasteiger partial charge in [0.25, 0.3) is 0 Å². The van der Waals surface area contributed by atoms with Gasteiger partial charge in [0.2, 0.25) is 0 Å². The molecule has 0 aliphatic carbocycles. The predicted octanol–water partition coefficient (Wildman–Crippen LogP) is 4.06. The average Bonchev–Trinajstić information content (AvgIpc) is 2.81. The first-order valence-corrected chi connectivity index (χ1v) is 12.5. The molecular weight excluding hydrogens is 460 g/mol. The van der Waals surface area contributed by atoms with Gasteiger partial charge in [-0.25, -0.2) is 15.1 Å². The molecule has 0 bridgehead atoms. The van der Waals surface area contributed by atoms with Crippen LogP contribution in [0.5, 0.6) is 0 Å². The molecule has 1 aliphatic rings. The molecule has 3 atom stereocenters. The Hall–Kier alpha value is -2.07. The Balaban J connectivity index is 1.95. The Morgan fingerprint density at radius 3 is 2.79 bits per heavy atom. The zero-order valence-electron chi connectivity index (χ0n) is 20.0. The van der Waals surface area contributed by atoms with Crippen molar-refractivity contribution in [2.45, 2.75) is 57.4 Å². The summed E-state index contributed by atoms with van der Waals surface area (Å²) in [6.45, 7) is 5.19. The van der Waals surface area contributed by atoms with Crippen LogP contribution in [0, 0.1) is 5.92 Å². The summed E-state index contributed by atoms with van der Waals surface area (Å²) in [4.78, 5) is 25.5. The summed E-state index contributed by atoms with van der Waals surface area (Å²) in [5.41, 5.74) is 3.28. The summed E-state index contributed by atoms with van der Waals surface area (Å²) in [5.74, 6) is 0.513. The molecule has 1 aliphatic heterocycles. The van der Waals surface area contributed by atoms with Gasteiger partial charge in [0.1, 0.15) is 0 Å². The van der Waals surface area contributed by atoms with Gasteiger partial charge in [-0.05, 0) is 75.0 Å².